The number of pyridine rings is 2. The number of carbonyl (C=O) groups is 1. The average Bonchev–Trinajstić information content (AvgIpc) is 2.49. The van der Waals surface area contributed by atoms with Crippen molar-refractivity contribution in [2.75, 3.05) is 5.32 Å². The number of anilines is 1. The third kappa shape index (κ3) is 2.61. The SMILES string of the molecule is Cc1cc2[nH]c(=O)cc(C)c2cc1NC(=O)c1cccnc1. The summed E-state index contributed by atoms with van der Waals surface area (Å²) in [7, 11) is 0. The molecule has 2 aromatic heterocycles. The van der Waals surface area contributed by atoms with E-state index in [9.17, 15) is 9.59 Å². The first kappa shape index (κ1) is 14.0. The Kier molecular flexibility index (Phi) is 3.47. The minimum absolute atomic E-state index is 0.128. The van der Waals surface area contributed by atoms with Crippen molar-refractivity contribution in [2.24, 2.45) is 0 Å². The monoisotopic (exact) mass is 293 g/mol. The first-order valence-corrected chi connectivity index (χ1v) is 6.90. The maximum absolute atomic E-state index is 12.2. The van der Waals surface area contributed by atoms with Gasteiger partial charge in [0.2, 0.25) is 5.56 Å². The molecule has 2 heterocycles. The smallest absolute Gasteiger partial charge is 0.257 e. The van der Waals surface area contributed by atoms with Gasteiger partial charge in [0.15, 0.2) is 0 Å². The van der Waals surface area contributed by atoms with Gasteiger partial charge >= 0.3 is 0 Å². The first-order chi connectivity index (χ1) is 10.5. The highest BCUT2D eigenvalue weighted by atomic mass is 16.1. The highest BCUT2D eigenvalue weighted by Gasteiger charge is 2.10. The number of H-pyrrole nitrogens is 1. The van der Waals surface area contributed by atoms with Crippen molar-refractivity contribution in [3.63, 3.8) is 0 Å². The van der Waals surface area contributed by atoms with Gasteiger partial charge in [0.25, 0.3) is 5.91 Å². The predicted octanol–water partition coefficient (Wildman–Crippen LogP) is 2.79. The lowest BCUT2D eigenvalue weighted by Crippen LogP contribution is -2.13. The Balaban J connectivity index is 2.03. The highest BCUT2D eigenvalue weighted by molar-refractivity contribution is 6.05. The number of aromatic amines is 1. The van der Waals surface area contributed by atoms with Crippen LogP contribution in [0.4, 0.5) is 5.69 Å². The van der Waals surface area contributed by atoms with Crippen LogP contribution in [0, 0.1) is 13.8 Å². The largest absolute Gasteiger partial charge is 0.322 e. The fourth-order valence-corrected chi connectivity index (χ4v) is 2.41. The van der Waals surface area contributed by atoms with Crippen LogP contribution in [0.15, 0.2) is 47.5 Å². The molecule has 5 nitrogen and oxygen atoms in total. The van der Waals surface area contributed by atoms with Crippen molar-refractivity contribution >= 4 is 22.5 Å². The van der Waals surface area contributed by atoms with E-state index in [4.69, 9.17) is 0 Å². The van der Waals surface area contributed by atoms with Crippen LogP contribution in [0.2, 0.25) is 0 Å². The van der Waals surface area contributed by atoms with Gasteiger partial charge < -0.3 is 10.3 Å². The molecule has 0 fully saturated rings. The van der Waals surface area contributed by atoms with Crippen LogP contribution in [-0.4, -0.2) is 15.9 Å². The number of fused-ring (bicyclic) bond motifs is 1. The van der Waals surface area contributed by atoms with Gasteiger partial charge in [0.05, 0.1) is 5.56 Å². The minimum Gasteiger partial charge on any atom is -0.322 e. The maximum Gasteiger partial charge on any atom is 0.257 e. The van der Waals surface area contributed by atoms with Crippen molar-refractivity contribution < 1.29 is 4.79 Å². The normalized spacial score (nSPS) is 10.6. The molecule has 0 aliphatic heterocycles. The van der Waals surface area contributed by atoms with Crippen LogP contribution in [-0.2, 0) is 0 Å². The molecule has 0 unspecified atom stereocenters. The van der Waals surface area contributed by atoms with Gasteiger partial charge in [-0.3, -0.25) is 14.6 Å². The van der Waals surface area contributed by atoms with Crippen LogP contribution < -0.4 is 10.9 Å². The number of amides is 1. The molecule has 1 amide bonds. The zero-order valence-corrected chi connectivity index (χ0v) is 12.3. The van der Waals surface area contributed by atoms with E-state index in [-0.39, 0.29) is 11.5 Å². The van der Waals surface area contributed by atoms with Crippen molar-refractivity contribution in [3.8, 4) is 0 Å². The first-order valence-electron chi connectivity index (χ1n) is 6.90. The van der Waals surface area contributed by atoms with Gasteiger partial charge in [0, 0.05) is 35.1 Å². The van der Waals surface area contributed by atoms with Gasteiger partial charge in [-0.15, -0.1) is 0 Å². The van der Waals surface area contributed by atoms with Crippen molar-refractivity contribution in [1.29, 1.82) is 0 Å². The molecule has 0 spiro atoms. The average molecular weight is 293 g/mol. The van der Waals surface area contributed by atoms with Crippen LogP contribution in [0.25, 0.3) is 10.9 Å². The molecule has 0 radical (unpaired) electrons. The Morgan fingerprint density at radius 1 is 1.18 bits per heavy atom. The molecule has 2 N–H and O–H groups in total. The number of benzene rings is 1. The molecule has 0 atom stereocenters. The van der Waals surface area contributed by atoms with Gasteiger partial charge in [-0.25, -0.2) is 0 Å². The summed E-state index contributed by atoms with van der Waals surface area (Å²) in [6.45, 7) is 3.76. The third-order valence-electron chi connectivity index (χ3n) is 3.57. The summed E-state index contributed by atoms with van der Waals surface area (Å²) >= 11 is 0. The van der Waals surface area contributed by atoms with Crippen LogP contribution in [0.3, 0.4) is 0 Å². The predicted molar refractivity (Wildman–Crippen MR) is 86.2 cm³/mol. The molecule has 22 heavy (non-hydrogen) atoms. The molecule has 0 bridgehead atoms. The fraction of sp³-hybridized carbons (Fsp3) is 0.118. The summed E-state index contributed by atoms with van der Waals surface area (Å²) in [4.78, 5) is 30.5. The molecule has 3 aromatic rings. The van der Waals surface area contributed by atoms with Crippen LogP contribution >= 0.6 is 0 Å². The summed E-state index contributed by atoms with van der Waals surface area (Å²) in [5.41, 5.74) is 3.61. The van der Waals surface area contributed by atoms with E-state index < -0.39 is 0 Å². The van der Waals surface area contributed by atoms with Gasteiger partial charge in [-0.1, -0.05) is 0 Å². The second-order valence-electron chi connectivity index (χ2n) is 5.23. The maximum atomic E-state index is 12.2. The van der Waals surface area contributed by atoms with E-state index >= 15 is 0 Å². The van der Waals surface area contributed by atoms with E-state index in [0.717, 1.165) is 27.7 Å². The standard InChI is InChI=1S/C17H15N3O2/c1-10-7-16(21)19-15-6-11(2)14(8-13(10)15)20-17(22)12-4-3-5-18-9-12/h3-9H,1-2H3,(H,19,21)(H,20,22). The molecule has 0 saturated carbocycles. The number of nitrogens with zero attached hydrogens (tertiary/aromatic N) is 1. The summed E-state index contributed by atoms with van der Waals surface area (Å²) in [5.74, 6) is -0.211. The quantitative estimate of drug-likeness (QED) is 0.763. The summed E-state index contributed by atoms with van der Waals surface area (Å²) < 4.78 is 0. The van der Waals surface area contributed by atoms with E-state index in [1.165, 1.54) is 6.20 Å². The zero-order chi connectivity index (χ0) is 15.7. The number of rotatable bonds is 2. The third-order valence-corrected chi connectivity index (χ3v) is 3.57. The molecule has 0 aliphatic rings. The number of hydrogen-bond donors (Lipinski definition) is 2. The molecule has 1 aromatic carbocycles. The Bertz CT molecular complexity index is 914. The second-order valence-corrected chi connectivity index (χ2v) is 5.23. The number of aryl methyl sites for hydroxylation is 2. The zero-order valence-electron chi connectivity index (χ0n) is 12.3. The highest BCUT2D eigenvalue weighted by Crippen LogP contribution is 2.24. The number of aromatic nitrogens is 2. The van der Waals surface area contributed by atoms with E-state index in [0.29, 0.717) is 5.56 Å². The molecule has 110 valence electrons. The lowest BCUT2D eigenvalue weighted by molar-refractivity contribution is 0.102. The van der Waals surface area contributed by atoms with E-state index in [1.54, 1.807) is 24.4 Å². The molecule has 3 rings (SSSR count). The fourth-order valence-electron chi connectivity index (χ4n) is 2.41. The Morgan fingerprint density at radius 3 is 2.73 bits per heavy atom. The molecular weight excluding hydrogens is 278 g/mol. The van der Waals surface area contributed by atoms with Crippen LogP contribution in [0.1, 0.15) is 21.5 Å². The van der Waals surface area contributed by atoms with Crippen LogP contribution in [0.5, 0.6) is 0 Å². The van der Waals surface area contributed by atoms with Gasteiger partial charge in [-0.2, -0.15) is 0 Å². The van der Waals surface area contributed by atoms with E-state index in [1.807, 2.05) is 26.0 Å². The van der Waals surface area contributed by atoms with E-state index in [2.05, 4.69) is 15.3 Å². The Labute approximate surface area is 127 Å². The van der Waals surface area contributed by atoms with Gasteiger partial charge in [0.1, 0.15) is 0 Å². The Morgan fingerprint density at radius 2 is 2.00 bits per heavy atom. The summed E-state index contributed by atoms with van der Waals surface area (Å²) in [6.07, 6.45) is 3.15. The number of nitrogens with one attached hydrogen (secondary N) is 2. The summed E-state index contributed by atoms with van der Waals surface area (Å²) in [5, 5.41) is 3.80. The van der Waals surface area contributed by atoms with Crippen molar-refractivity contribution in [3.05, 3.63) is 69.8 Å². The summed E-state index contributed by atoms with van der Waals surface area (Å²) in [6, 6.07) is 8.72. The topological polar surface area (TPSA) is 74.8 Å². The second kappa shape index (κ2) is 5.44. The minimum atomic E-state index is -0.211. The van der Waals surface area contributed by atoms with Crippen molar-refractivity contribution in [2.45, 2.75) is 13.8 Å². The molecule has 0 saturated heterocycles. The lowest BCUT2D eigenvalue weighted by atomic mass is 10.1. The molecule has 0 aliphatic carbocycles. The van der Waals surface area contributed by atoms with Gasteiger partial charge in [-0.05, 0) is 49.2 Å². The van der Waals surface area contributed by atoms with Crippen molar-refractivity contribution in [1.82, 2.24) is 9.97 Å². The molecule has 5 heteroatoms. The Hall–Kier alpha value is -2.95. The molecular formula is C17H15N3O2. The lowest BCUT2D eigenvalue weighted by Gasteiger charge is -2.11. The number of hydrogen-bond acceptors (Lipinski definition) is 3. The number of carbonyl (C=O) groups excluding carboxylic acids is 1.